The molecule has 4 rings (SSSR count). The fourth-order valence-corrected chi connectivity index (χ4v) is 3.09. The van der Waals surface area contributed by atoms with Gasteiger partial charge >= 0.3 is 0 Å². The van der Waals surface area contributed by atoms with Gasteiger partial charge in [-0.1, -0.05) is 35.2 Å². The Labute approximate surface area is 129 Å². The van der Waals surface area contributed by atoms with Crippen molar-refractivity contribution in [1.29, 1.82) is 0 Å². The van der Waals surface area contributed by atoms with Crippen LogP contribution in [0.1, 0.15) is 0 Å². The summed E-state index contributed by atoms with van der Waals surface area (Å²) in [4.78, 5) is 16.7. The van der Waals surface area contributed by atoms with Crippen LogP contribution in [0.5, 0.6) is 0 Å². The third-order valence-electron chi connectivity index (χ3n) is 3.35. The third-order valence-corrected chi connectivity index (χ3v) is 4.28. The monoisotopic (exact) mass is 309 g/mol. The van der Waals surface area contributed by atoms with E-state index < -0.39 is 0 Å². The maximum absolute atomic E-state index is 12.4. The van der Waals surface area contributed by atoms with Gasteiger partial charge in [-0.05, 0) is 24.3 Å². The average molecular weight is 309 g/mol. The maximum atomic E-state index is 12.4. The Balaban J connectivity index is 1.67. The summed E-state index contributed by atoms with van der Waals surface area (Å²) in [6.45, 7) is 0. The van der Waals surface area contributed by atoms with Crippen LogP contribution in [0.2, 0.25) is 0 Å². The number of rotatable bonds is 3. The van der Waals surface area contributed by atoms with Crippen LogP contribution in [0.25, 0.3) is 16.4 Å². The number of nitrogens with zero attached hydrogens (tertiary/aromatic N) is 5. The first-order chi connectivity index (χ1) is 10.8. The zero-order valence-corrected chi connectivity index (χ0v) is 12.3. The number of thioether (sulfide) groups is 1. The molecule has 0 bridgehead atoms. The molecule has 0 aliphatic rings. The number of hydrogen-bond acceptors (Lipinski definition) is 5. The van der Waals surface area contributed by atoms with Gasteiger partial charge in [0.05, 0.1) is 23.0 Å². The highest BCUT2D eigenvalue weighted by Gasteiger charge is 2.08. The van der Waals surface area contributed by atoms with Gasteiger partial charge in [0.15, 0.2) is 5.16 Å². The summed E-state index contributed by atoms with van der Waals surface area (Å²) in [6.07, 6.45) is 3.75. The van der Waals surface area contributed by atoms with E-state index in [1.807, 2.05) is 40.9 Å². The van der Waals surface area contributed by atoms with Crippen molar-refractivity contribution in [3.63, 3.8) is 0 Å². The molecular weight excluding hydrogens is 298 g/mol. The van der Waals surface area contributed by atoms with Crippen molar-refractivity contribution in [2.75, 3.05) is 0 Å². The van der Waals surface area contributed by atoms with E-state index in [-0.39, 0.29) is 5.56 Å². The lowest BCUT2D eigenvalue weighted by molar-refractivity contribution is 0.643. The minimum Gasteiger partial charge on any atom is -0.295 e. The van der Waals surface area contributed by atoms with Crippen LogP contribution in [-0.4, -0.2) is 24.4 Å². The number of aromatic nitrogens is 5. The van der Waals surface area contributed by atoms with E-state index in [1.165, 1.54) is 16.4 Å². The molecule has 0 radical (unpaired) electrons. The third kappa shape index (κ3) is 2.15. The smallest absolute Gasteiger partial charge is 0.278 e. The summed E-state index contributed by atoms with van der Waals surface area (Å²) < 4.78 is 3.33. The first kappa shape index (κ1) is 13.0. The van der Waals surface area contributed by atoms with Crippen molar-refractivity contribution in [3.05, 3.63) is 65.2 Å². The zero-order chi connectivity index (χ0) is 14.9. The number of hydrogen-bond donors (Lipinski definition) is 0. The van der Waals surface area contributed by atoms with Crippen molar-refractivity contribution < 1.29 is 0 Å². The summed E-state index contributed by atoms with van der Waals surface area (Å²) in [7, 11) is 0. The van der Waals surface area contributed by atoms with Crippen LogP contribution in [0, 0.1) is 0 Å². The van der Waals surface area contributed by atoms with Crippen LogP contribution < -0.4 is 5.56 Å². The zero-order valence-electron chi connectivity index (χ0n) is 11.5. The Hall–Kier alpha value is -2.67. The van der Waals surface area contributed by atoms with Crippen LogP contribution in [0.15, 0.2) is 64.8 Å². The summed E-state index contributed by atoms with van der Waals surface area (Å²) >= 11 is 1.44. The average Bonchev–Trinajstić information content (AvgIpc) is 2.98. The quantitative estimate of drug-likeness (QED) is 0.543. The lowest BCUT2D eigenvalue weighted by Crippen LogP contribution is -2.23. The SMILES string of the molecule is O=c1c2ccccc2nnn1CSc1ncc2ccccn12. The van der Waals surface area contributed by atoms with Crippen LogP contribution >= 0.6 is 11.8 Å². The first-order valence-corrected chi connectivity index (χ1v) is 7.69. The molecule has 4 aromatic rings. The summed E-state index contributed by atoms with van der Waals surface area (Å²) in [5.74, 6) is 0.366. The Morgan fingerprint density at radius 1 is 1.09 bits per heavy atom. The molecule has 0 amide bonds. The predicted octanol–water partition coefficient (Wildman–Crippen LogP) is 2.19. The standard InChI is InChI=1S/C15H11N5OS/c21-14-12-6-1-2-7-13(12)17-18-20(14)10-22-15-16-9-11-5-3-4-8-19(11)15/h1-9H,10H2. The Morgan fingerprint density at radius 3 is 2.91 bits per heavy atom. The van der Waals surface area contributed by atoms with E-state index in [9.17, 15) is 4.79 Å². The minimum absolute atomic E-state index is 0.140. The summed E-state index contributed by atoms with van der Waals surface area (Å²) in [5, 5.41) is 9.45. The molecular formula is C15H11N5OS. The highest BCUT2D eigenvalue weighted by molar-refractivity contribution is 7.98. The molecule has 0 aliphatic heterocycles. The fourth-order valence-electron chi connectivity index (χ4n) is 2.25. The molecule has 3 aromatic heterocycles. The molecule has 0 saturated carbocycles. The van der Waals surface area contributed by atoms with E-state index in [4.69, 9.17) is 0 Å². The van der Waals surface area contributed by atoms with Crippen molar-refractivity contribution in [1.82, 2.24) is 24.4 Å². The van der Waals surface area contributed by atoms with E-state index in [2.05, 4.69) is 15.3 Å². The van der Waals surface area contributed by atoms with Crippen LogP contribution in [0.4, 0.5) is 0 Å². The first-order valence-electron chi connectivity index (χ1n) is 6.70. The molecule has 0 N–H and O–H groups in total. The maximum Gasteiger partial charge on any atom is 0.278 e. The van der Waals surface area contributed by atoms with Gasteiger partial charge in [-0.25, -0.2) is 4.98 Å². The molecule has 0 saturated heterocycles. The molecule has 0 spiro atoms. The van der Waals surface area contributed by atoms with E-state index in [0.29, 0.717) is 16.8 Å². The second kappa shape index (κ2) is 5.27. The van der Waals surface area contributed by atoms with Crippen molar-refractivity contribution in [2.24, 2.45) is 0 Å². The number of benzene rings is 1. The highest BCUT2D eigenvalue weighted by Crippen LogP contribution is 2.19. The summed E-state index contributed by atoms with van der Waals surface area (Å²) in [6, 6.07) is 13.1. The lowest BCUT2D eigenvalue weighted by Gasteiger charge is -2.04. The van der Waals surface area contributed by atoms with Crippen molar-refractivity contribution >= 4 is 28.2 Å². The molecule has 1 aromatic carbocycles. The van der Waals surface area contributed by atoms with Gasteiger partial charge in [-0.3, -0.25) is 9.20 Å². The molecule has 0 atom stereocenters. The minimum atomic E-state index is -0.140. The van der Waals surface area contributed by atoms with Gasteiger partial charge in [0, 0.05) is 6.20 Å². The predicted molar refractivity (Wildman–Crippen MR) is 84.8 cm³/mol. The van der Waals surface area contributed by atoms with Gasteiger partial charge < -0.3 is 0 Å². The Bertz CT molecular complexity index is 1020. The van der Waals surface area contributed by atoms with E-state index in [1.54, 1.807) is 18.3 Å². The molecule has 108 valence electrons. The molecule has 7 heteroatoms. The van der Waals surface area contributed by atoms with Gasteiger partial charge in [-0.2, -0.15) is 4.68 Å². The second-order valence-corrected chi connectivity index (χ2v) is 5.63. The van der Waals surface area contributed by atoms with Crippen LogP contribution in [-0.2, 0) is 5.88 Å². The van der Waals surface area contributed by atoms with Crippen molar-refractivity contribution in [3.8, 4) is 0 Å². The van der Waals surface area contributed by atoms with Gasteiger partial charge in [0.2, 0.25) is 0 Å². The number of fused-ring (bicyclic) bond motifs is 2. The number of pyridine rings is 1. The van der Waals surface area contributed by atoms with Crippen molar-refractivity contribution in [2.45, 2.75) is 11.0 Å². The van der Waals surface area contributed by atoms with Gasteiger partial charge in [0.1, 0.15) is 5.52 Å². The Morgan fingerprint density at radius 2 is 1.95 bits per heavy atom. The second-order valence-electron chi connectivity index (χ2n) is 4.72. The van der Waals surface area contributed by atoms with Crippen LogP contribution in [0.3, 0.4) is 0 Å². The molecule has 22 heavy (non-hydrogen) atoms. The summed E-state index contributed by atoms with van der Waals surface area (Å²) in [5.41, 5.74) is 1.49. The van der Waals surface area contributed by atoms with Gasteiger partial charge in [-0.15, -0.1) is 5.10 Å². The molecule has 0 fully saturated rings. The molecule has 6 nitrogen and oxygen atoms in total. The molecule has 0 aliphatic carbocycles. The number of imidazole rings is 1. The largest absolute Gasteiger partial charge is 0.295 e. The van der Waals surface area contributed by atoms with E-state index >= 15 is 0 Å². The molecule has 3 heterocycles. The highest BCUT2D eigenvalue weighted by atomic mass is 32.2. The fraction of sp³-hybridized carbons (Fsp3) is 0.0667. The normalized spacial score (nSPS) is 11.3. The topological polar surface area (TPSA) is 65.1 Å². The Kier molecular flexibility index (Phi) is 3.12. The van der Waals surface area contributed by atoms with Gasteiger partial charge in [0.25, 0.3) is 5.56 Å². The molecule has 0 unspecified atom stereocenters. The van der Waals surface area contributed by atoms with E-state index in [0.717, 1.165) is 10.7 Å². The lowest BCUT2D eigenvalue weighted by atomic mass is 10.2.